The molecule has 0 aliphatic heterocycles. The minimum absolute atomic E-state index is 0.00831. The molecule has 5 rings (SSSR count). The van der Waals surface area contributed by atoms with Gasteiger partial charge in [0.1, 0.15) is 5.82 Å². The molecule has 2 aromatic heterocycles. The van der Waals surface area contributed by atoms with Crippen LogP contribution in [0.2, 0.25) is 0 Å². The smallest absolute Gasteiger partial charge is 0.220 e. The van der Waals surface area contributed by atoms with Crippen molar-refractivity contribution in [3.05, 3.63) is 60.6 Å². The molecule has 2 aliphatic rings. The van der Waals surface area contributed by atoms with Crippen LogP contribution in [-0.4, -0.2) is 41.4 Å². The lowest BCUT2D eigenvalue weighted by molar-refractivity contribution is -0.0500. The van der Waals surface area contributed by atoms with E-state index >= 15 is 0 Å². The Morgan fingerprint density at radius 2 is 1.91 bits per heavy atom. The molecule has 168 valence electrons. The third-order valence-corrected chi connectivity index (χ3v) is 7.25. The van der Waals surface area contributed by atoms with E-state index < -0.39 is 11.7 Å². The second-order valence-corrected chi connectivity index (χ2v) is 9.23. The highest BCUT2D eigenvalue weighted by atomic mass is 19.1. The summed E-state index contributed by atoms with van der Waals surface area (Å²) in [6, 6.07) is 8.39. The number of aromatic nitrogens is 4. The van der Waals surface area contributed by atoms with Crippen molar-refractivity contribution in [3.63, 3.8) is 0 Å². The lowest BCUT2D eigenvalue weighted by Gasteiger charge is -2.43. The maximum atomic E-state index is 13.3. The van der Waals surface area contributed by atoms with Gasteiger partial charge in [0.05, 0.1) is 23.7 Å². The Hall–Kier alpha value is -2.84. The summed E-state index contributed by atoms with van der Waals surface area (Å²) in [5.74, 6) is -0.0622. The van der Waals surface area contributed by atoms with E-state index in [0.717, 1.165) is 36.2 Å². The van der Waals surface area contributed by atoms with Gasteiger partial charge in [0.2, 0.25) is 5.95 Å². The van der Waals surface area contributed by atoms with E-state index in [0.29, 0.717) is 19.3 Å². The van der Waals surface area contributed by atoms with E-state index in [9.17, 15) is 14.6 Å². The number of rotatable bonds is 4. The van der Waals surface area contributed by atoms with Crippen molar-refractivity contribution >= 4 is 5.95 Å². The summed E-state index contributed by atoms with van der Waals surface area (Å²) in [5, 5.41) is 21.5. The van der Waals surface area contributed by atoms with Crippen molar-refractivity contribution in [3.8, 4) is 11.3 Å². The summed E-state index contributed by atoms with van der Waals surface area (Å²) in [6.45, 7) is 0. The number of hydrogen-bond donors (Lipinski definition) is 3. The predicted molar refractivity (Wildman–Crippen MR) is 118 cm³/mol. The molecule has 32 heavy (non-hydrogen) atoms. The molecule has 1 aromatic carbocycles. The lowest BCUT2D eigenvalue weighted by Crippen LogP contribution is -2.42. The maximum absolute atomic E-state index is 13.3. The standard InChI is InChI=1S/C24H28FN5O2/c25-16-3-1-15(2-4-16)22-13-30(14-28-22)17-5-6-20(24(32)9-7-18(31)12-24)19(11-17)21-8-10-27-23(26)29-21/h1-4,8,10,13-14,17-20,31-32H,5-7,9,11-12H2,(H2,26,27,29). The molecule has 4 N–H and O–H groups in total. The minimum atomic E-state index is -0.900. The van der Waals surface area contributed by atoms with Crippen LogP contribution in [0.1, 0.15) is 56.2 Å². The van der Waals surface area contributed by atoms with Crippen LogP contribution in [0.3, 0.4) is 0 Å². The molecule has 0 radical (unpaired) electrons. The Morgan fingerprint density at radius 1 is 1.09 bits per heavy atom. The highest BCUT2D eigenvalue weighted by Gasteiger charge is 2.49. The topological polar surface area (TPSA) is 110 Å². The number of aliphatic hydroxyl groups is 2. The lowest BCUT2D eigenvalue weighted by atomic mass is 9.66. The first-order valence-electron chi connectivity index (χ1n) is 11.2. The van der Waals surface area contributed by atoms with Gasteiger partial charge in [0, 0.05) is 42.0 Å². The Morgan fingerprint density at radius 3 is 2.62 bits per heavy atom. The van der Waals surface area contributed by atoms with Crippen LogP contribution < -0.4 is 5.73 Å². The third-order valence-electron chi connectivity index (χ3n) is 7.25. The molecular weight excluding hydrogens is 409 g/mol. The molecule has 0 amide bonds. The summed E-state index contributed by atoms with van der Waals surface area (Å²) >= 11 is 0. The number of hydrogen-bond acceptors (Lipinski definition) is 6. The van der Waals surface area contributed by atoms with E-state index in [1.54, 1.807) is 18.3 Å². The van der Waals surface area contributed by atoms with Gasteiger partial charge in [-0.05, 0) is 68.4 Å². The van der Waals surface area contributed by atoms with Crippen molar-refractivity contribution in [1.29, 1.82) is 0 Å². The zero-order chi connectivity index (χ0) is 22.3. The molecule has 2 fully saturated rings. The molecule has 2 aliphatic carbocycles. The number of nitrogens with zero attached hydrogens (tertiary/aromatic N) is 4. The Labute approximate surface area is 186 Å². The first-order valence-corrected chi connectivity index (χ1v) is 11.2. The van der Waals surface area contributed by atoms with Crippen molar-refractivity contribution in [2.45, 2.75) is 62.2 Å². The van der Waals surface area contributed by atoms with Crippen molar-refractivity contribution in [2.24, 2.45) is 5.92 Å². The van der Waals surface area contributed by atoms with Gasteiger partial charge in [-0.2, -0.15) is 0 Å². The van der Waals surface area contributed by atoms with Gasteiger partial charge in [-0.1, -0.05) is 0 Å². The Balaban J connectivity index is 1.43. The summed E-state index contributed by atoms with van der Waals surface area (Å²) in [4.78, 5) is 13.1. The van der Waals surface area contributed by atoms with E-state index in [1.807, 2.05) is 18.6 Å². The molecule has 0 spiro atoms. The maximum Gasteiger partial charge on any atom is 0.220 e. The molecular formula is C24H28FN5O2. The molecule has 3 aromatic rings. The molecule has 2 heterocycles. The molecule has 7 nitrogen and oxygen atoms in total. The van der Waals surface area contributed by atoms with E-state index in [2.05, 4.69) is 19.5 Å². The largest absolute Gasteiger partial charge is 0.393 e. The number of anilines is 1. The Kier molecular flexibility index (Phi) is 5.43. The first-order chi connectivity index (χ1) is 15.4. The van der Waals surface area contributed by atoms with E-state index in [1.165, 1.54) is 12.1 Å². The highest BCUT2D eigenvalue weighted by Crippen LogP contribution is 2.51. The zero-order valence-electron chi connectivity index (χ0n) is 17.8. The van der Waals surface area contributed by atoms with Crippen molar-refractivity contribution in [1.82, 2.24) is 19.5 Å². The minimum Gasteiger partial charge on any atom is -0.393 e. The molecule has 2 saturated carbocycles. The van der Waals surface area contributed by atoms with Gasteiger partial charge in [0.15, 0.2) is 0 Å². The summed E-state index contributed by atoms with van der Waals surface area (Å²) in [5.41, 5.74) is 7.48. The van der Waals surface area contributed by atoms with Gasteiger partial charge >= 0.3 is 0 Å². The number of benzene rings is 1. The fraction of sp³-hybridized carbons (Fsp3) is 0.458. The fourth-order valence-electron chi connectivity index (χ4n) is 5.66. The zero-order valence-corrected chi connectivity index (χ0v) is 17.8. The van der Waals surface area contributed by atoms with Crippen LogP contribution in [-0.2, 0) is 0 Å². The van der Waals surface area contributed by atoms with Crippen LogP contribution in [0.4, 0.5) is 10.3 Å². The SMILES string of the molecule is Nc1nccc(C2CC(n3cnc(-c4ccc(F)cc4)c3)CCC2C2(O)CCC(O)C2)n1. The third kappa shape index (κ3) is 4.00. The second-order valence-electron chi connectivity index (χ2n) is 9.23. The van der Waals surface area contributed by atoms with Crippen LogP contribution in [0.15, 0.2) is 49.1 Å². The van der Waals surface area contributed by atoms with E-state index in [4.69, 9.17) is 5.73 Å². The van der Waals surface area contributed by atoms with E-state index in [-0.39, 0.29) is 29.6 Å². The normalized spacial score (nSPS) is 30.5. The van der Waals surface area contributed by atoms with Crippen LogP contribution in [0.25, 0.3) is 11.3 Å². The fourth-order valence-corrected chi connectivity index (χ4v) is 5.66. The quantitative estimate of drug-likeness (QED) is 0.577. The van der Waals surface area contributed by atoms with Crippen molar-refractivity contribution in [2.75, 3.05) is 5.73 Å². The highest BCUT2D eigenvalue weighted by molar-refractivity contribution is 5.57. The summed E-state index contributed by atoms with van der Waals surface area (Å²) < 4.78 is 15.4. The Bertz CT molecular complexity index is 1090. The van der Waals surface area contributed by atoms with Crippen LogP contribution in [0, 0.1) is 11.7 Å². The molecule has 8 heteroatoms. The average molecular weight is 438 g/mol. The predicted octanol–water partition coefficient (Wildman–Crippen LogP) is 3.46. The van der Waals surface area contributed by atoms with Gasteiger partial charge in [-0.15, -0.1) is 0 Å². The summed E-state index contributed by atoms with van der Waals surface area (Å²) in [6.07, 6.45) is 9.12. The number of imidazole rings is 1. The van der Waals surface area contributed by atoms with Crippen molar-refractivity contribution < 1.29 is 14.6 Å². The van der Waals surface area contributed by atoms with Crippen LogP contribution >= 0.6 is 0 Å². The number of nitrogens with two attached hydrogens (primary N) is 1. The molecule has 5 atom stereocenters. The van der Waals surface area contributed by atoms with Gasteiger partial charge in [0.25, 0.3) is 0 Å². The average Bonchev–Trinajstić information content (AvgIpc) is 3.41. The number of nitrogen functional groups attached to an aromatic ring is 1. The number of halogens is 1. The number of aliphatic hydroxyl groups excluding tert-OH is 1. The van der Waals surface area contributed by atoms with Crippen LogP contribution in [0.5, 0.6) is 0 Å². The first kappa shape index (κ1) is 21.0. The molecule has 0 bridgehead atoms. The molecule has 5 unspecified atom stereocenters. The summed E-state index contributed by atoms with van der Waals surface area (Å²) in [7, 11) is 0. The van der Waals surface area contributed by atoms with Gasteiger partial charge in [-0.3, -0.25) is 0 Å². The molecule has 0 saturated heterocycles. The second kappa shape index (κ2) is 8.26. The van der Waals surface area contributed by atoms with Gasteiger partial charge < -0.3 is 20.5 Å². The monoisotopic (exact) mass is 437 g/mol. The van der Waals surface area contributed by atoms with Gasteiger partial charge in [-0.25, -0.2) is 19.3 Å².